The van der Waals surface area contributed by atoms with Gasteiger partial charge in [0.2, 0.25) is 0 Å². The Balaban J connectivity index is 2.04. The number of rotatable bonds is 8. The third-order valence-corrected chi connectivity index (χ3v) is 4.63. The van der Waals surface area contributed by atoms with E-state index in [1.165, 1.54) is 34.9 Å². The first-order valence-corrected chi connectivity index (χ1v) is 9.77. The van der Waals surface area contributed by atoms with Crippen molar-refractivity contribution in [1.29, 1.82) is 0 Å². The van der Waals surface area contributed by atoms with Gasteiger partial charge in [-0.15, -0.1) is 13.2 Å². The Morgan fingerprint density at radius 1 is 1.06 bits per heavy atom. The summed E-state index contributed by atoms with van der Waals surface area (Å²) in [4.78, 5) is 12.8. The Morgan fingerprint density at radius 3 is 2.30 bits per heavy atom. The van der Waals surface area contributed by atoms with Crippen molar-refractivity contribution >= 4 is 5.69 Å². The molecule has 2 aromatic carbocycles. The van der Waals surface area contributed by atoms with Crippen LogP contribution in [-0.4, -0.2) is 17.5 Å². The molecule has 4 nitrogen and oxygen atoms in total. The van der Waals surface area contributed by atoms with Crippen molar-refractivity contribution in [3.05, 3.63) is 114 Å². The molecule has 8 heteroatoms. The van der Waals surface area contributed by atoms with Gasteiger partial charge >= 0.3 is 6.36 Å². The molecule has 1 N–H and O–H groups in total. The monoisotopic (exact) mass is 456 g/mol. The molecule has 33 heavy (non-hydrogen) atoms. The third kappa shape index (κ3) is 6.22. The minimum atomic E-state index is -4.81. The van der Waals surface area contributed by atoms with Crippen LogP contribution in [0.4, 0.5) is 23.2 Å². The maximum Gasteiger partial charge on any atom is 0.573 e. The Morgan fingerprint density at radius 2 is 1.73 bits per heavy atom. The highest BCUT2D eigenvalue weighted by Gasteiger charge is 2.31. The number of nitrogens with one attached hydrogen (secondary N) is 1. The van der Waals surface area contributed by atoms with E-state index >= 15 is 0 Å². The van der Waals surface area contributed by atoms with Crippen LogP contribution in [0.1, 0.15) is 0 Å². The molecule has 3 aromatic rings. The first-order chi connectivity index (χ1) is 15.7. The molecule has 0 aliphatic carbocycles. The average molecular weight is 456 g/mol. The van der Waals surface area contributed by atoms with Crippen molar-refractivity contribution in [3.63, 3.8) is 0 Å². The summed E-state index contributed by atoms with van der Waals surface area (Å²) in [6.07, 6.45) is 1.76. The van der Waals surface area contributed by atoms with E-state index in [9.17, 15) is 22.4 Å². The van der Waals surface area contributed by atoms with Gasteiger partial charge in [0.25, 0.3) is 5.56 Å². The molecule has 0 saturated carbocycles. The summed E-state index contributed by atoms with van der Waals surface area (Å²) in [5, 5.41) is 3.18. The van der Waals surface area contributed by atoms with Crippen molar-refractivity contribution in [1.82, 2.24) is 4.57 Å². The van der Waals surface area contributed by atoms with Crippen molar-refractivity contribution < 1.29 is 22.3 Å². The molecule has 0 fully saturated rings. The molecule has 0 spiro atoms. The van der Waals surface area contributed by atoms with E-state index in [0.717, 1.165) is 17.7 Å². The van der Waals surface area contributed by atoms with Gasteiger partial charge in [0.05, 0.1) is 0 Å². The zero-order valence-electron chi connectivity index (χ0n) is 17.4. The average Bonchev–Trinajstić information content (AvgIpc) is 2.77. The maximum atomic E-state index is 13.5. The number of benzene rings is 2. The molecule has 1 heterocycles. The first-order valence-electron chi connectivity index (χ1n) is 9.77. The van der Waals surface area contributed by atoms with E-state index in [4.69, 9.17) is 0 Å². The molecule has 1 aromatic heterocycles. The van der Waals surface area contributed by atoms with Crippen molar-refractivity contribution in [2.75, 3.05) is 11.9 Å². The van der Waals surface area contributed by atoms with Gasteiger partial charge in [-0.2, -0.15) is 0 Å². The molecule has 170 valence electrons. The summed E-state index contributed by atoms with van der Waals surface area (Å²) in [5.74, 6) is -0.813. The first kappa shape index (κ1) is 23.6. The van der Waals surface area contributed by atoms with Gasteiger partial charge < -0.3 is 10.1 Å². The minimum absolute atomic E-state index is 0.336. The van der Waals surface area contributed by atoms with Crippen LogP contribution < -0.4 is 15.6 Å². The molecule has 0 radical (unpaired) electrons. The molecular weight excluding hydrogens is 436 g/mol. The van der Waals surface area contributed by atoms with Gasteiger partial charge in [-0.3, -0.25) is 9.36 Å². The van der Waals surface area contributed by atoms with Crippen LogP contribution in [0.3, 0.4) is 0 Å². The number of allylic oxidation sites excluding steroid dienone is 2. The lowest BCUT2D eigenvalue weighted by molar-refractivity contribution is -0.274. The topological polar surface area (TPSA) is 43.3 Å². The highest BCUT2D eigenvalue weighted by atomic mass is 19.4. The molecule has 0 aliphatic heterocycles. The number of anilines is 1. The smallest absolute Gasteiger partial charge is 0.406 e. The molecule has 0 unspecified atom stereocenters. The Bertz CT molecular complexity index is 1230. The maximum absolute atomic E-state index is 13.5. The summed E-state index contributed by atoms with van der Waals surface area (Å²) < 4.78 is 55.9. The number of ether oxygens (including phenoxy) is 1. The number of hydrogen-bond acceptors (Lipinski definition) is 3. The van der Waals surface area contributed by atoms with E-state index in [1.807, 2.05) is 0 Å². The Hall–Kier alpha value is -4.07. The zero-order valence-corrected chi connectivity index (χ0v) is 17.4. The van der Waals surface area contributed by atoms with Crippen LogP contribution in [0.25, 0.3) is 16.8 Å². The fraction of sp³-hybridized carbons (Fsp3) is 0.0800. The fourth-order valence-corrected chi connectivity index (χ4v) is 3.10. The van der Waals surface area contributed by atoms with Gasteiger partial charge in [-0.1, -0.05) is 43.5 Å². The molecule has 0 atom stereocenters. The van der Waals surface area contributed by atoms with Crippen LogP contribution in [-0.2, 0) is 0 Å². The van der Waals surface area contributed by atoms with Gasteiger partial charge in [-0.05, 0) is 47.5 Å². The molecule has 0 saturated heterocycles. The summed E-state index contributed by atoms with van der Waals surface area (Å²) >= 11 is 0. The summed E-state index contributed by atoms with van der Waals surface area (Å²) in [5.41, 5.74) is 2.48. The standard InChI is InChI=1S/C25H20F4N2O2/c1-3-5-17(4-2)15-30-23-14-24(32)31(16-22(23)18-6-8-19(26)9-7-18)20-10-12-21(13-11-20)33-25(27,28)29/h3-14,16,30H,1-2,15H2/b17-5+. The lowest BCUT2D eigenvalue weighted by atomic mass is 10.0. The largest absolute Gasteiger partial charge is 0.573 e. The molecular formula is C25H20F4N2O2. The Labute approximate surface area is 187 Å². The highest BCUT2D eigenvalue weighted by Crippen LogP contribution is 2.29. The minimum Gasteiger partial charge on any atom is -0.406 e. The number of pyridine rings is 1. The summed E-state index contributed by atoms with van der Waals surface area (Å²) in [6.45, 7) is 7.75. The fourth-order valence-electron chi connectivity index (χ4n) is 3.10. The number of aromatic nitrogens is 1. The number of halogens is 4. The Kier molecular flexibility index (Phi) is 7.17. The van der Waals surface area contributed by atoms with E-state index in [0.29, 0.717) is 29.0 Å². The second-order valence-electron chi connectivity index (χ2n) is 6.89. The number of hydrogen-bond donors (Lipinski definition) is 1. The van der Waals surface area contributed by atoms with Gasteiger partial charge in [0.15, 0.2) is 0 Å². The molecule has 0 amide bonds. The predicted molar refractivity (Wildman–Crippen MR) is 121 cm³/mol. The van der Waals surface area contributed by atoms with Crippen LogP contribution in [0, 0.1) is 5.82 Å². The second-order valence-corrected chi connectivity index (χ2v) is 6.89. The lowest BCUT2D eigenvalue weighted by Gasteiger charge is -2.16. The zero-order chi connectivity index (χ0) is 24.0. The van der Waals surface area contributed by atoms with Crippen LogP contribution in [0.2, 0.25) is 0 Å². The van der Waals surface area contributed by atoms with Gasteiger partial charge in [0.1, 0.15) is 11.6 Å². The summed E-state index contributed by atoms with van der Waals surface area (Å²) in [6, 6.07) is 12.0. The SMILES string of the molecule is C=C/C=C(\C=C)CNc1cc(=O)n(-c2ccc(OC(F)(F)F)cc2)cc1-c1ccc(F)cc1. The van der Waals surface area contributed by atoms with Crippen LogP contribution in [0.5, 0.6) is 5.75 Å². The van der Waals surface area contributed by atoms with Gasteiger partial charge in [-0.25, -0.2) is 4.39 Å². The summed E-state index contributed by atoms with van der Waals surface area (Å²) in [7, 11) is 0. The van der Waals surface area contributed by atoms with Gasteiger partial charge in [0, 0.05) is 35.7 Å². The normalized spacial score (nSPS) is 11.7. The molecule has 0 aliphatic rings. The second kappa shape index (κ2) is 10.0. The van der Waals surface area contributed by atoms with Crippen molar-refractivity contribution in [2.45, 2.75) is 6.36 Å². The van der Waals surface area contributed by atoms with E-state index in [2.05, 4.69) is 23.2 Å². The number of nitrogens with zero attached hydrogens (tertiary/aromatic N) is 1. The van der Waals surface area contributed by atoms with E-state index < -0.39 is 23.5 Å². The molecule has 0 bridgehead atoms. The van der Waals surface area contributed by atoms with Crippen LogP contribution >= 0.6 is 0 Å². The highest BCUT2D eigenvalue weighted by molar-refractivity contribution is 5.77. The molecule has 3 rings (SSSR count). The van der Waals surface area contributed by atoms with E-state index in [1.54, 1.807) is 36.6 Å². The van der Waals surface area contributed by atoms with Crippen LogP contribution in [0.15, 0.2) is 103 Å². The van der Waals surface area contributed by atoms with E-state index in [-0.39, 0.29) is 0 Å². The third-order valence-electron chi connectivity index (χ3n) is 4.63. The predicted octanol–water partition coefficient (Wildman–Crippen LogP) is 6.25. The lowest BCUT2D eigenvalue weighted by Crippen LogP contribution is -2.20. The number of alkyl halides is 3. The van der Waals surface area contributed by atoms with Crippen molar-refractivity contribution in [3.8, 4) is 22.6 Å². The quantitative estimate of drug-likeness (QED) is 0.322. The van der Waals surface area contributed by atoms with Crippen molar-refractivity contribution in [2.24, 2.45) is 0 Å².